The average molecular weight is 450 g/mol. The van der Waals surface area contributed by atoms with E-state index in [1.165, 1.54) is 48.3 Å². The summed E-state index contributed by atoms with van der Waals surface area (Å²) in [6.07, 6.45) is 0. The third-order valence-electron chi connectivity index (χ3n) is 4.25. The van der Waals surface area contributed by atoms with Crippen molar-refractivity contribution >= 4 is 40.7 Å². The van der Waals surface area contributed by atoms with Crippen LogP contribution in [0.3, 0.4) is 0 Å². The molecule has 2 N–H and O–H groups in total. The van der Waals surface area contributed by atoms with Gasteiger partial charge in [-0.05, 0) is 30.3 Å². The number of phenols is 1. The second kappa shape index (κ2) is 8.21. The lowest BCUT2D eigenvalue weighted by atomic mass is 10.1. The van der Waals surface area contributed by atoms with Crippen molar-refractivity contribution in [2.75, 3.05) is 19.4 Å². The summed E-state index contributed by atoms with van der Waals surface area (Å²) in [5.41, 5.74) is -0.234. The third-order valence-corrected chi connectivity index (χ3v) is 4.99. The maximum Gasteiger partial charge on any atom is 0.350 e. The van der Waals surface area contributed by atoms with Gasteiger partial charge in [0.05, 0.1) is 27.0 Å². The van der Waals surface area contributed by atoms with E-state index in [1.54, 1.807) is 14.1 Å². The van der Waals surface area contributed by atoms with Gasteiger partial charge in [0.15, 0.2) is 5.75 Å². The first-order valence-corrected chi connectivity index (χ1v) is 9.34. The fourth-order valence-corrected chi connectivity index (χ4v) is 2.95. The lowest BCUT2D eigenvalue weighted by molar-refractivity contribution is 0.0824. The highest BCUT2D eigenvalue weighted by Crippen LogP contribution is 2.28. The van der Waals surface area contributed by atoms with Gasteiger partial charge < -0.3 is 15.3 Å². The summed E-state index contributed by atoms with van der Waals surface area (Å²) >= 11 is 11.9. The number of hydrogen-bond acceptors (Lipinski definition) is 5. The Hall–Kier alpha value is -3.30. The molecule has 0 unspecified atom stereocenters. The van der Waals surface area contributed by atoms with Crippen molar-refractivity contribution in [2.24, 2.45) is 7.05 Å². The highest BCUT2D eigenvalue weighted by Gasteiger charge is 2.22. The number of para-hydroxylation sites is 1. The topological polar surface area (TPSA) is 109 Å². The average Bonchev–Trinajstić information content (AvgIpc) is 3.00. The number of halogens is 2. The monoisotopic (exact) mass is 449 g/mol. The van der Waals surface area contributed by atoms with Gasteiger partial charge in [0, 0.05) is 21.1 Å². The standard InChI is InChI=1S/C19H17Cl2N5O4/c1-24(2)18(29)11-5-4-6-14(15(11)27)22-17(28)16-23-26(19(30)25(16)3)10-7-8-12(20)13(21)9-10/h4-9,27H,1-3H3,(H,22,28). The molecule has 0 bridgehead atoms. The number of anilines is 1. The maximum atomic E-state index is 12.7. The highest BCUT2D eigenvalue weighted by atomic mass is 35.5. The molecule has 0 aliphatic heterocycles. The zero-order chi connectivity index (χ0) is 22.2. The van der Waals surface area contributed by atoms with Crippen LogP contribution in [0.5, 0.6) is 5.75 Å². The van der Waals surface area contributed by atoms with Crippen LogP contribution < -0.4 is 11.0 Å². The fraction of sp³-hybridized carbons (Fsp3) is 0.158. The molecule has 2 aromatic carbocycles. The molecule has 3 aromatic rings. The van der Waals surface area contributed by atoms with Crippen molar-refractivity contribution in [1.29, 1.82) is 0 Å². The van der Waals surface area contributed by atoms with Crippen LogP contribution in [-0.2, 0) is 7.05 Å². The molecule has 0 atom stereocenters. The number of carbonyl (C=O) groups excluding carboxylic acids is 2. The van der Waals surface area contributed by atoms with E-state index in [4.69, 9.17) is 23.2 Å². The van der Waals surface area contributed by atoms with Gasteiger partial charge in [-0.25, -0.2) is 4.79 Å². The quantitative estimate of drug-likeness (QED) is 0.594. The zero-order valence-electron chi connectivity index (χ0n) is 16.2. The molecule has 9 nitrogen and oxygen atoms in total. The van der Waals surface area contributed by atoms with Gasteiger partial charge in [0.2, 0.25) is 5.82 Å². The largest absolute Gasteiger partial charge is 0.505 e. The van der Waals surface area contributed by atoms with Crippen LogP contribution in [0.15, 0.2) is 41.2 Å². The number of aromatic nitrogens is 3. The van der Waals surface area contributed by atoms with Gasteiger partial charge >= 0.3 is 5.69 Å². The van der Waals surface area contributed by atoms with Crippen LogP contribution in [-0.4, -0.2) is 50.3 Å². The Balaban J connectivity index is 1.96. The van der Waals surface area contributed by atoms with E-state index in [-0.39, 0.29) is 22.1 Å². The van der Waals surface area contributed by atoms with Crippen LogP contribution in [0.1, 0.15) is 21.0 Å². The summed E-state index contributed by atoms with van der Waals surface area (Å²) in [7, 11) is 4.46. The Morgan fingerprint density at radius 1 is 1.13 bits per heavy atom. The molecule has 0 aliphatic rings. The summed E-state index contributed by atoms with van der Waals surface area (Å²) in [4.78, 5) is 38.7. The Bertz CT molecular complexity index is 1220. The normalized spacial score (nSPS) is 10.7. The Morgan fingerprint density at radius 3 is 2.47 bits per heavy atom. The summed E-state index contributed by atoms with van der Waals surface area (Å²) < 4.78 is 2.05. The first kappa shape index (κ1) is 21.4. The smallest absolute Gasteiger partial charge is 0.350 e. The predicted octanol–water partition coefficient (Wildman–Crippen LogP) is 2.54. The SMILES string of the molecule is CN(C)C(=O)c1cccc(NC(=O)c2nn(-c3ccc(Cl)c(Cl)c3)c(=O)n2C)c1O. The maximum absolute atomic E-state index is 12.7. The highest BCUT2D eigenvalue weighted by molar-refractivity contribution is 6.42. The lowest BCUT2D eigenvalue weighted by Crippen LogP contribution is -2.24. The molecular formula is C19H17Cl2N5O4. The van der Waals surface area contributed by atoms with Crippen molar-refractivity contribution in [1.82, 2.24) is 19.2 Å². The molecule has 0 fully saturated rings. The minimum Gasteiger partial charge on any atom is -0.505 e. The van der Waals surface area contributed by atoms with Gasteiger partial charge in [-0.1, -0.05) is 29.3 Å². The number of nitrogens with zero attached hydrogens (tertiary/aromatic N) is 4. The molecule has 2 amide bonds. The van der Waals surface area contributed by atoms with Crippen molar-refractivity contribution < 1.29 is 14.7 Å². The molecule has 30 heavy (non-hydrogen) atoms. The predicted molar refractivity (Wildman–Crippen MR) is 113 cm³/mol. The van der Waals surface area contributed by atoms with Crippen LogP contribution in [0.4, 0.5) is 5.69 Å². The van der Waals surface area contributed by atoms with Gasteiger partial charge in [-0.3, -0.25) is 14.2 Å². The van der Waals surface area contributed by atoms with Gasteiger partial charge in [0.25, 0.3) is 11.8 Å². The van der Waals surface area contributed by atoms with E-state index < -0.39 is 23.3 Å². The summed E-state index contributed by atoms with van der Waals surface area (Å²) in [6.45, 7) is 0. The number of rotatable bonds is 4. The van der Waals surface area contributed by atoms with E-state index in [0.29, 0.717) is 10.7 Å². The van der Waals surface area contributed by atoms with E-state index in [9.17, 15) is 19.5 Å². The number of amides is 2. The van der Waals surface area contributed by atoms with E-state index in [0.717, 1.165) is 9.25 Å². The molecule has 11 heteroatoms. The molecule has 0 aliphatic carbocycles. The van der Waals surface area contributed by atoms with Crippen LogP contribution in [0.25, 0.3) is 5.69 Å². The van der Waals surface area contributed by atoms with Crippen LogP contribution in [0.2, 0.25) is 10.0 Å². The Labute approximate surface area is 181 Å². The van der Waals surface area contributed by atoms with Gasteiger partial charge in [-0.2, -0.15) is 4.68 Å². The number of phenolic OH excluding ortho intramolecular Hbond substituents is 1. The van der Waals surface area contributed by atoms with Crippen molar-refractivity contribution in [3.05, 3.63) is 68.3 Å². The fourth-order valence-electron chi connectivity index (χ4n) is 2.66. The van der Waals surface area contributed by atoms with Gasteiger partial charge in [-0.15, -0.1) is 5.10 Å². The van der Waals surface area contributed by atoms with Crippen molar-refractivity contribution in [3.63, 3.8) is 0 Å². The van der Waals surface area contributed by atoms with Crippen LogP contribution >= 0.6 is 23.2 Å². The molecule has 3 rings (SSSR count). The molecule has 0 radical (unpaired) electrons. The number of carbonyl (C=O) groups is 2. The molecule has 0 spiro atoms. The number of aromatic hydroxyl groups is 1. The van der Waals surface area contributed by atoms with Crippen molar-refractivity contribution in [2.45, 2.75) is 0 Å². The van der Waals surface area contributed by atoms with E-state index in [1.807, 2.05) is 0 Å². The molecule has 0 saturated carbocycles. The number of hydrogen-bond donors (Lipinski definition) is 2. The summed E-state index contributed by atoms with van der Waals surface area (Å²) in [5.74, 6) is -1.79. The minimum atomic E-state index is -0.752. The van der Waals surface area contributed by atoms with E-state index >= 15 is 0 Å². The first-order chi connectivity index (χ1) is 14.1. The molecule has 0 saturated heterocycles. The molecule has 156 valence electrons. The van der Waals surface area contributed by atoms with E-state index in [2.05, 4.69) is 10.4 Å². The second-order valence-corrected chi connectivity index (χ2v) is 7.35. The number of benzene rings is 2. The van der Waals surface area contributed by atoms with Crippen LogP contribution in [0, 0.1) is 0 Å². The van der Waals surface area contributed by atoms with Gasteiger partial charge in [0.1, 0.15) is 0 Å². The lowest BCUT2D eigenvalue weighted by Gasteiger charge is -2.14. The van der Waals surface area contributed by atoms with Crippen molar-refractivity contribution in [3.8, 4) is 11.4 Å². The first-order valence-electron chi connectivity index (χ1n) is 8.58. The summed E-state index contributed by atoms with van der Waals surface area (Å²) in [5, 5.41) is 17.5. The third kappa shape index (κ3) is 3.89. The Morgan fingerprint density at radius 2 is 1.83 bits per heavy atom. The molecule has 1 aromatic heterocycles. The number of nitrogens with one attached hydrogen (secondary N) is 1. The molecule has 1 heterocycles. The Kier molecular flexibility index (Phi) is 5.86. The zero-order valence-corrected chi connectivity index (χ0v) is 17.7. The summed E-state index contributed by atoms with van der Waals surface area (Å²) in [6, 6.07) is 8.86. The second-order valence-electron chi connectivity index (χ2n) is 6.53. The molecular weight excluding hydrogens is 433 g/mol. The minimum absolute atomic E-state index is 0.00392.